The van der Waals surface area contributed by atoms with Crippen LogP contribution < -0.4 is 4.90 Å². The maximum atomic E-state index is 14.5. The van der Waals surface area contributed by atoms with E-state index in [2.05, 4.69) is 0 Å². The highest BCUT2D eigenvalue weighted by molar-refractivity contribution is 6.47. The van der Waals surface area contributed by atoms with Crippen molar-refractivity contribution >= 4 is 46.3 Å². The summed E-state index contributed by atoms with van der Waals surface area (Å²) in [5.41, 5.74) is 0.536. The van der Waals surface area contributed by atoms with Crippen molar-refractivity contribution in [2.24, 2.45) is 5.92 Å². The lowest BCUT2D eigenvalue weighted by atomic mass is 9.97. The van der Waals surface area contributed by atoms with Gasteiger partial charge >= 0.3 is 0 Å². The van der Waals surface area contributed by atoms with Crippen LogP contribution >= 0.6 is 23.2 Å². The molecule has 1 atom stereocenters. The van der Waals surface area contributed by atoms with E-state index in [1.807, 2.05) is 0 Å². The standard InChI is InChI=1S/C22H19Cl2FN2O3/c23-14-7-8-15(16(24)10-14)19-20(26-9-3-4-13(11-26)12-28)22(30)27(21(19)29)18-6-2-1-5-17(18)25/h1-2,5-8,10,13,28H,3-4,9,11-12H2. The quantitative estimate of drug-likeness (QED) is 0.714. The van der Waals surface area contributed by atoms with Crippen LogP contribution in [0.2, 0.25) is 10.0 Å². The Morgan fingerprint density at radius 1 is 1.10 bits per heavy atom. The summed E-state index contributed by atoms with van der Waals surface area (Å²) in [6.45, 7) is 0.954. The van der Waals surface area contributed by atoms with E-state index in [0.29, 0.717) is 23.7 Å². The number of nitrogens with zero attached hydrogens (tertiary/aromatic N) is 2. The molecule has 0 aliphatic carbocycles. The van der Waals surface area contributed by atoms with Gasteiger partial charge in [0, 0.05) is 30.3 Å². The van der Waals surface area contributed by atoms with Gasteiger partial charge in [0.25, 0.3) is 11.8 Å². The molecular formula is C22H19Cl2FN2O3. The van der Waals surface area contributed by atoms with E-state index >= 15 is 0 Å². The number of rotatable bonds is 4. The molecule has 2 aromatic rings. The van der Waals surface area contributed by atoms with Gasteiger partial charge < -0.3 is 10.0 Å². The molecule has 0 radical (unpaired) electrons. The van der Waals surface area contributed by atoms with Gasteiger partial charge in [-0.3, -0.25) is 9.59 Å². The predicted molar refractivity (Wildman–Crippen MR) is 114 cm³/mol. The summed E-state index contributed by atoms with van der Waals surface area (Å²) < 4.78 is 14.5. The zero-order valence-corrected chi connectivity index (χ0v) is 17.5. The number of carbonyl (C=O) groups is 2. The monoisotopic (exact) mass is 448 g/mol. The molecule has 2 aliphatic heterocycles. The molecule has 0 saturated carbocycles. The number of hydrogen-bond donors (Lipinski definition) is 1. The zero-order chi connectivity index (χ0) is 21.4. The second-order valence-electron chi connectivity index (χ2n) is 7.38. The van der Waals surface area contributed by atoms with E-state index < -0.39 is 17.6 Å². The number of aliphatic hydroxyl groups is 1. The number of anilines is 1. The van der Waals surface area contributed by atoms with E-state index in [1.54, 1.807) is 23.1 Å². The number of amides is 2. The van der Waals surface area contributed by atoms with E-state index in [9.17, 15) is 19.1 Å². The van der Waals surface area contributed by atoms with Gasteiger partial charge in [0.2, 0.25) is 0 Å². The Morgan fingerprint density at radius 3 is 2.57 bits per heavy atom. The van der Waals surface area contributed by atoms with Crippen molar-refractivity contribution in [2.75, 3.05) is 24.6 Å². The molecule has 1 unspecified atom stereocenters. The molecule has 2 aliphatic rings. The normalized spacial score (nSPS) is 19.8. The lowest BCUT2D eigenvalue weighted by molar-refractivity contribution is -0.121. The third-order valence-corrected chi connectivity index (χ3v) is 5.99. The molecule has 2 aromatic carbocycles. The molecule has 30 heavy (non-hydrogen) atoms. The molecule has 5 nitrogen and oxygen atoms in total. The van der Waals surface area contributed by atoms with Crippen LogP contribution in [0.1, 0.15) is 18.4 Å². The summed E-state index contributed by atoms with van der Waals surface area (Å²) in [6.07, 6.45) is 1.59. The molecular weight excluding hydrogens is 430 g/mol. The van der Waals surface area contributed by atoms with Crippen LogP contribution in [0.4, 0.5) is 10.1 Å². The predicted octanol–water partition coefficient (Wildman–Crippen LogP) is 4.12. The first-order valence-corrected chi connectivity index (χ1v) is 10.4. The van der Waals surface area contributed by atoms with Gasteiger partial charge in [-0.1, -0.05) is 41.4 Å². The zero-order valence-electron chi connectivity index (χ0n) is 15.9. The Kier molecular flexibility index (Phi) is 5.82. The summed E-state index contributed by atoms with van der Waals surface area (Å²) in [5, 5.41) is 10.2. The molecule has 1 fully saturated rings. The van der Waals surface area contributed by atoms with Gasteiger partial charge in [0.05, 0.1) is 16.3 Å². The minimum absolute atomic E-state index is 0.0139. The van der Waals surface area contributed by atoms with Crippen molar-refractivity contribution in [3.8, 4) is 0 Å². The highest BCUT2D eigenvalue weighted by Gasteiger charge is 2.44. The van der Waals surface area contributed by atoms with Crippen LogP contribution in [0.25, 0.3) is 5.57 Å². The van der Waals surface area contributed by atoms with E-state index in [0.717, 1.165) is 17.7 Å². The fourth-order valence-electron chi connectivity index (χ4n) is 4.02. The van der Waals surface area contributed by atoms with Crippen LogP contribution in [0.5, 0.6) is 0 Å². The molecule has 1 N–H and O–H groups in total. The summed E-state index contributed by atoms with van der Waals surface area (Å²) in [5.74, 6) is -1.94. The summed E-state index contributed by atoms with van der Waals surface area (Å²) >= 11 is 12.4. The summed E-state index contributed by atoms with van der Waals surface area (Å²) in [4.78, 5) is 29.5. The molecule has 156 valence electrons. The molecule has 0 spiro atoms. The maximum absolute atomic E-state index is 14.5. The molecule has 2 heterocycles. The van der Waals surface area contributed by atoms with Crippen molar-refractivity contribution in [3.63, 3.8) is 0 Å². The van der Waals surface area contributed by atoms with Crippen LogP contribution in [-0.2, 0) is 9.59 Å². The highest BCUT2D eigenvalue weighted by Crippen LogP contribution is 2.39. The van der Waals surface area contributed by atoms with Crippen LogP contribution in [0.15, 0.2) is 48.2 Å². The van der Waals surface area contributed by atoms with E-state index in [1.165, 1.54) is 24.3 Å². The first kappa shape index (κ1) is 20.8. The van der Waals surface area contributed by atoms with Crippen molar-refractivity contribution in [1.29, 1.82) is 0 Å². The number of para-hydroxylation sites is 1. The van der Waals surface area contributed by atoms with Crippen LogP contribution in [-0.4, -0.2) is 41.5 Å². The van der Waals surface area contributed by atoms with Gasteiger partial charge in [-0.05, 0) is 43.0 Å². The highest BCUT2D eigenvalue weighted by atomic mass is 35.5. The average Bonchev–Trinajstić information content (AvgIpc) is 2.99. The number of imide groups is 1. The van der Waals surface area contributed by atoms with E-state index in [4.69, 9.17) is 23.2 Å². The fraction of sp³-hybridized carbons (Fsp3) is 0.273. The fourth-order valence-corrected chi connectivity index (χ4v) is 4.52. The lowest BCUT2D eigenvalue weighted by Crippen LogP contribution is -2.40. The molecule has 8 heteroatoms. The lowest BCUT2D eigenvalue weighted by Gasteiger charge is -2.34. The smallest absolute Gasteiger partial charge is 0.282 e. The number of carbonyl (C=O) groups excluding carboxylic acids is 2. The van der Waals surface area contributed by atoms with Gasteiger partial charge in [0.15, 0.2) is 0 Å². The minimum atomic E-state index is -0.672. The summed E-state index contributed by atoms with van der Waals surface area (Å²) in [7, 11) is 0. The largest absolute Gasteiger partial charge is 0.396 e. The number of aliphatic hydroxyl groups excluding tert-OH is 1. The number of hydrogen-bond acceptors (Lipinski definition) is 4. The first-order chi connectivity index (χ1) is 14.4. The van der Waals surface area contributed by atoms with Gasteiger partial charge in [-0.15, -0.1) is 0 Å². The molecule has 2 amide bonds. The van der Waals surface area contributed by atoms with E-state index in [-0.39, 0.29) is 34.5 Å². The Balaban J connectivity index is 1.87. The van der Waals surface area contributed by atoms with Gasteiger partial charge in [0.1, 0.15) is 11.5 Å². The van der Waals surface area contributed by atoms with Crippen molar-refractivity contribution in [2.45, 2.75) is 12.8 Å². The number of halogens is 3. The second-order valence-corrected chi connectivity index (χ2v) is 8.23. The molecule has 1 saturated heterocycles. The summed E-state index contributed by atoms with van der Waals surface area (Å²) in [6, 6.07) is 10.3. The number of likely N-dealkylation sites (tertiary alicyclic amines) is 1. The van der Waals surface area contributed by atoms with Gasteiger partial charge in [-0.25, -0.2) is 9.29 Å². The first-order valence-electron chi connectivity index (χ1n) is 9.61. The second kappa shape index (κ2) is 8.38. The Labute approximate surface area is 183 Å². The number of piperidine rings is 1. The Bertz CT molecular complexity index is 1060. The third kappa shape index (κ3) is 3.60. The van der Waals surface area contributed by atoms with Crippen molar-refractivity contribution < 1.29 is 19.1 Å². The Morgan fingerprint density at radius 2 is 1.87 bits per heavy atom. The maximum Gasteiger partial charge on any atom is 0.282 e. The minimum Gasteiger partial charge on any atom is -0.396 e. The third-order valence-electron chi connectivity index (χ3n) is 5.45. The Hall–Kier alpha value is -2.41. The van der Waals surface area contributed by atoms with Crippen LogP contribution in [0, 0.1) is 11.7 Å². The average molecular weight is 449 g/mol. The molecule has 0 bridgehead atoms. The van der Waals surface area contributed by atoms with Crippen LogP contribution in [0.3, 0.4) is 0 Å². The molecule has 4 rings (SSSR count). The SMILES string of the molecule is O=C1C(c2ccc(Cl)cc2Cl)=C(N2CCCC(CO)C2)C(=O)N1c1ccccc1F. The molecule has 0 aromatic heterocycles. The van der Waals surface area contributed by atoms with Crippen molar-refractivity contribution in [1.82, 2.24) is 4.90 Å². The topological polar surface area (TPSA) is 60.9 Å². The van der Waals surface area contributed by atoms with Gasteiger partial charge in [-0.2, -0.15) is 0 Å². The van der Waals surface area contributed by atoms with Crippen molar-refractivity contribution in [3.05, 3.63) is 69.6 Å². The number of benzene rings is 2.